The lowest BCUT2D eigenvalue weighted by molar-refractivity contribution is 0.0821. The van der Waals surface area contributed by atoms with Crippen LogP contribution in [0.15, 0.2) is 41.2 Å². The minimum atomic E-state index is -0.0455. The van der Waals surface area contributed by atoms with Gasteiger partial charge in [0.2, 0.25) is 0 Å². The molecule has 0 radical (unpaired) electrons. The van der Waals surface area contributed by atoms with Crippen LogP contribution in [0.1, 0.15) is 28.9 Å². The van der Waals surface area contributed by atoms with Crippen molar-refractivity contribution in [2.45, 2.75) is 25.4 Å². The number of fused-ring (bicyclic) bond motifs is 2. The van der Waals surface area contributed by atoms with E-state index in [-0.39, 0.29) is 11.9 Å². The van der Waals surface area contributed by atoms with Crippen LogP contribution in [0.5, 0.6) is 0 Å². The number of aromatic nitrogens is 2. The quantitative estimate of drug-likeness (QED) is 0.654. The van der Waals surface area contributed by atoms with Gasteiger partial charge in [-0.1, -0.05) is 12.1 Å². The zero-order valence-corrected chi connectivity index (χ0v) is 17.6. The number of pyridine rings is 1. The lowest BCUT2D eigenvalue weighted by Crippen LogP contribution is -2.52. The Balaban J connectivity index is 1.23. The van der Waals surface area contributed by atoms with Gasteiger partial charge in [-0.2, -0.15) is 0 Å². The molecule has 3 N–H and O–H groups in total. The predicted octanol–water partition coefficient (Wildman–Crippen LogP) is 3.49. The summed E-state index contributed by atoms with van der Waals surface area (Å²) in [5.41, 5.74) is 7.63. The maximum atomic E-state index is 12.8. The fraction of sp³-hybridized carbons (Fsp3) is 0.381. The van der Waals surface area contributed by atoms with Gasteiger partial charge in [-0.15, -0.1) is 22.7 Å². The smallest absolute Gasteiger partial charge is 0.271 e. The molecule has 2 bridgehead atoms. The summed E-state index contributed by atoms with van der Waals surface area (Å²) in [5.74, 6) is 1.52. The summed E-state index contributed by atoms with van der Waals surface area (Å²) >= 11 is 3.18. The highest BCUT2D eigenvalue weighted by Crippen LogP contribution is 2.38. The highest BCUT2D eigenvalue weighted by atomic mass is 32.1. The Bertz CT molecular complexity index is 988. The van der Waals surface area contributed by atoms with Crippen molar-refractivity contribution in [1.29, 1.82) is 0 Å². The molecule has 6 nitrogen and oxygen atoms in total. The molecule has 1 aliphatic carbocycles. The van der Waals surface area contributed by atoms with E-state index in [9.17, 15) is 4.79 Å². The number of hydrogen-bond donors (Lipinski definition) is 2. The van der Waals surface area contributed by atoms with Crippen LogP contribution in [0.3, 0.4) is 0 Å². The van der Waals surface area contributed by atoms with Gasteiger partial charge in [0, 0.05) is 42.8 Å². The zero-order chi connectivity index (χ0) is 19.8. The van der Waals surface area contributed by atoms with Crippen LogP contribution >= 0.6 is 22.7 Å². The normalized spacial score (nSPS) is 23.9. The summed E-state index contributed by atoms with van der Waals surface area (Å²) in [6.07, 6.45) is 4.05. The van der Waals surface area contributed by atoms with Crippen molar-refractivity contribution in [3.8, 4) is 9.88 Å². The van der Waals surface area contributed by atoms with Crippen LogP contribution in [-0.4, -0.2) is 39.9 Å². The molecule has 0 spiro atoms. The fourth-order valence-electron chi connectivity index (χ4n) is 4.63. The third-order valence-corrected chi connectivity index (χ3v) is 7.88. The maximum absolute atomic E-state index is 12.8. The first-order valence-electron chi connectivity index (χ1n) is 9.89. The average Bonchev–Trinajstić information content (AvgIpc) is 3.44. The highest BCUT2D eigenvalue weighted by molar-refractivity contribution is 7.20. The molecule has 4 heterocycles. The standard InChI is InChI=1S/C21H23N5OS2/c22-19-15(3-1-7-23-19)11-26-9-13-5-6-14(10-26)18(13)25-20(27)16-12-29-21(24-16)17-4-2-8-28-17/h1-4,7-8,12-14,18H,5-6,9-11H2,(H2,22,23)(H,25,27)/t13-,14+,18?. The van der Waals surface area contributed by atoms with E-state index in [1.54, 1.807) is 17.5 Å². The van der Waals surface area contributed by atoms with Crippen molar-refractivity contribution in [2.75, 3.05) is 18.8 Å². The molecule has 3 aromatic heterocycles. The summed E-state index contributed by atoms with van der Waals surface area (Å²) in [6.45, 7) is 2.78. The lowest BCUT2D eigenvalue weighted by atomic mass is 9.91. The molecular formula is C21H23N5OS2. The number of amides is 1. The first-order valence-corrected chi connectivity index (χ1v) is 11.7. The lowest BCUT2D eigenvalue weighted by Gasteiger charge is -2.38. The van der Waals surface area contributed by atoms with E-state index < -0.39 is 0 Å². The van der Waals surface area contributed by atoms with Gasteiger partial charge in [0.15, 0.2) is 0 Å². The third kappa shape index (κ3) is 3.80. The van der Waals surface area contributed by atoms with Gasteiger partial charge >= 0.3 is 0 Å². The van der Waals surface area contributed by atoms with E-state index in [4.69, 9.17) is 5.73 Å². The van der Waals surface area contributed by atoms with Gasteiger partial charge in [-0.05, 0) is 42.2 Å². The average molecular weight is 426 g/mol. The maximum Gasteiger partial charge on any atom is 0.271 e. The number of carbonyl (C=O) groups excluding carboxylic acids is 1. The first kappa shape index (κ1) is 18.7. The summed E-state index contributed by atoms with van der Waals surface area (Å²) in [6, 6.07) is 8.26. The number of nitrogens with two attached hydrogens (primary N) is 1. The van der Waals surface area contributed by atoms with Crippen LogP contribution in [-0.2, 0) is 6.54 Å². The van der Waals surface area contributed by atoms with Crippen LogP contribution in [0.25, 0.3) is 9.88 Å². The Morgan fingerprint density at radius 1 is 1.21 bits per heavy atom. The molecule has 1 amide bonds. The number of hydrogen-bond acceptors (Lipinski definition) is 7. The topological polar surface area (TPSA) is 84.1 Å². The molecule has 1 aliphatic heterocycles. The fourth-order valence-corrected chi connectivity index (χ4v) is 6.24. The molecule has 3 atom stereocenters. The predicted molar refractivity (Wildman–Crippen MR) is 117 cm³/mol. The Hall–Kier alpha value is -2.29. The summed E-state index contributed by atoms with van der Waals surface area (Å²) in [7, 11) is 0. The van der Waals surface area contributed by atoms with E-state index in [0.717, 1.165) is 47.9 Å². The molecule has 1 saturated carbocycles. The van der Waals surface area contributed by atoms with Gasteiger partial charge < -0.3 is 11.1 Å². The molecular weight excluding hydrogens is 402 g/mol. The molecule has 29 heavy (non-hydrogen) atoms. The van der Waals surface area contributed by atoms with Crippen molar-refractivity contribution in [3.05, 3.63) is 52.5 Å². The van der Waals surface area contributed by atoms with Crippen molar-refractivity contribution in [1.82, 2.24) is 20.2 Å². The van der Waals surface area contributed by atoms with E-state index in [1.165, 1.54) is 11.3 Å². The molecule has 8 heteroatoms. The van der Waals surface area contributed by atoms with E-state index >= 15 is 0 Å². The molecule has 3 aromatic rings. The number of rotatable bonds is 5. The number of anilines is 1. The van der Waals surface area contributed by atoms with Crippen LogP contribution in [0.4, 0.5) is 5.82 Å². The zero-order valence-electron chi connectivity index (χ0n) is 16.0. The second kappa shape index (κ2) is 7.85. The minimum Gasteiger partial charge on any atom is -0.383 e. The van der Waals surface area contributed by atoms with Gasteiger partial charge in [-0.3, -0.25) is 9.69 Å². The number of carbonyl (C=O) groups is 1. The van der Waals surface area contributed by atoms with Gasteiger partial charge in [0.25, 0.3) is 5.91 Å². The Morgan fingerprint density at radius 3 is 2.76 bits per heavy atom. The molecule has 0 aromatic carbocycles. The number of thiazole rings is 1. The summed E-state index contributed by atoms with van der Waals surface area (Å²) < 4.78 is 0. The number of thiophene rings is 1. The van der Waals surface area contributed by atoms with E-state index in [2.05, 4.69) is 20.2 Å². The monoisotopic (exact) mass is 425 g/mol. The molecule has 2 fully saturated rings. The van der Waals surface area contributed by atoms with Crippen molar-refractivity contribution >= 4 is 34.4 Å². The minimum absolute atomic E-state index is 0.0455. The summed E-state index contributed by atoms with van der Waals surface area (Å²) in [5, 5.41) is 8.11. The number of nitrogens with one attached hydrogen (secondary N) is 1. The first-order chi connectivity index (χ1) is 14.2. The number of nitrogen functional groups attached to an aromatic ring is 1. The third-order valence-electron chi connectivity index (χ3n) is 6.00. The second-order valence-electron chi connectivity index (χ2n) is 7.85. The summed E-state index contributed by atoms with van der Waals surface area (Å²) in [4.78, 5) is 25.1. The molecule has 2 aliphatic rings. The SMILES string of the molecule is Nc1ncccc1CN1C[C@H]2CC[C@@H](C1)C2NC(=O)c1csc(-c2cccs2)n1. The van der Waals surface area contributed by atoms with Crippen molar-refractivity contribution < 1.29 is 4.79 Å². The molecule has 1 unspecified atom stereocenters. The molecule has 1 saturated heterocycles. The number of nitrogens with zero attached hydrogens (tertiary/aromatic N) is 3. The van der Waals surface area contributed by atoms with E-state index in [1.807, 2.05) is 35.0 Å². The molecule has 5 rings (SSSR count). The van der Waals surface area contributed by atoms with Crippen LogP contribution in [0.2, 0.25) is 0 Å². The van der Waals surface area contributed by atoms with E-state index in [0.29, 0.717) is 23.3 Å². The Labute approximate surface area is 177 Å². The van der Waals surface area contributed by atoms with Crippen LogP contribution < -0.4 is 11.1 Å². The highest BCUT2D eigenvalue weighted by Gasteiger charge is 2.42. The van der Waals surface area contributed by atoms with Gasteiger partial charge in [-0.25, -0.2) is 9.97 Å². The largest absolute Gasteiger partial charge is 0.383 e. The van der Waals surface area contributed by atoms with Crippen molar-refractivity contribution in [3.63, 3.8) is 0 Å². The van der Waals surface area contributed by atoms with Crippen molar-refractivity contribution in [2.24, 2.45) is 11.8 Å². The second-order valence-corrected chi connectivity index (χ2v) is 9.66. The Kier molecular flexibility index (Phi) is 5.07. The van der Waals surface area contributed by atoms with Crippen LogP contribution in [0, 0.1) is 11.8 Å². The van der Waals surface area contributed by atoms with Gasteiger partial charge in [0.05, 0.1) is 4.88 Å². The Morgan fingerprint density at radius 2 is 2.03 bits per heavy atom. The van der Waals surface area contributed by atoms with Gasteiger partial charge in [0.1, 0.15) is 16.5 Å². The molecule has 150 valence electrons. The number of likely N-dealkylation sites (tertiary alicyclic amines) is 1. The number of piperidine rings is 1.